The third kappa shape index (κ3) is 4.00. The standard InChI is InChI=1S/C23H30N4O4/c24-17-5-7-23(8-6-17)14-26(9-10-31-23)12-15-1-2-18-16(11-15)13-27(22(18)30)19-3-4-20(28)25-21(19)29/h1-2,11,17,19H,3-10,12-14,24H2,(H,25,28,29). The van der Waals surface area contributed by atoms with Crippen LogP contribution in [0.3, 0.4) is 0 Å². The third-order valence-electron chi connectivity index (χ3n) is 7.26. The van der Waals surface area contributed by atoms with Crippen LogP contribution in [-0.2, 0) is 27.4 Å². The number of benzene rings is 1. The number of hydrogen-bond donors (Lipinski definition) is 2. The third-order valence-corrected chi connectivity index (χ3v) is 7.26. The minimum atomic E-state index is -0.571. The van der Waals surface area contributed by atoms with Crippen molar-refractivity contribution in [1.82, 2.24) is 15.1 Å². The molecule has 0 aromatic heterocycles. The Hall–Kier alpha value is -2.29. The first-order valence-corrected chi connectivity index (χ1v) is 11.3. The average molecular weight is 427 g/mol. The van der Waals surface area contributed by atoms with Crippen molar-refractivity contribution in [3.63, 3.8) is 0 Å². The second-order valence-electron chi connectivity index (χ2n) is 9.47. The lowest BCUT2D eigenvalue weighted by atomic mass is 9.81. The molecule has 1 spiro atoms. The van der Waals surface area contributed by atoms with Crippen LogP contribution >= 0.6 is 0 Å². The van der Waals surface area contributed by atoms with Gasteiger partial charge in [-0.3, -0.25) is 24.6 Å². The lowest BCUT2D eigenvalue weighted by Crippen LogP contribution is -2.54. The van der Waals surface area contributed by atoms with Crippen LogP contribution < -0.4 is 11.1 Å². The SMILES string of the molecule is NC1CCC2(CC1)CN(Cc1ccc3c(c1)CN(C1CCC(=O)NC1=O)C3=O)CCO2. The molecule has 1 aromatic carbocycles. The Morgan fingerprint density at radius 2 is 1.97 bits per heavy atom. The molecule has 1 saturated carbocycles. The van der Waals surface area contributed by atoms with Crippen LogP contribution in [0.25, 0.3) is 0 Å². The number of carbonyl (C=O) groups excluding carboxylic acids is 3. The summed E-state index contributed by atoms with van der Waals surface area (Å²) in [6, 6.07) is 5.72. The molecular formula is C23H30N4O4. The Kier molecular flexibility index (Phi) is 5.32. The molecule has 5 rings (SSSR count). The number of imide groups is 1. The number of nitrogens with zero attached hydrogens (tertiary/aromatic N) is 2. The molecule has 8 nitrogen and oxygen atoms in total. The number of rotatable bonds is 3. The molecule has 3 heterocycles. The predicted molar refractivity (Wildman–Crippen MR) is 113 cm³/mol. The quantitative estimate of drug-likeness (QED) is 0.697. The number of amides is 3. The molecule has 8 heteroatoms. The Balaban J connectivity index is 1.26. The molecular weight excluding hydrogens is 396 g/mol. The monoisotopic (exact) mass is 426 g/mol. The highest BCUT2D eigenvalue weighted by atomic mass is 16.5. The van der Waals surface area contributed by atoms with E-state index in [1.165, 1.54) is 5.56 Å². The van der Waals surface area contributed by atoms with Crippen molar-refractivity contribution in [2.45, 2.75) is 69.3 Å². The fraction of sp³-hybridized carbons (Fsp3) is 0.609. The number of nitrogens with one attached hydrogen (secondary N) is 1. The first-order valence-electron chi connectivity index (χ1n) is 11.3. The van der Waals surface area contributed by atoms with E-state index in [1.54, 1.807) is 4.90 Å². The molecule has 3 N–H and O–H groups in total. The molecule has 2 saturated heterocycles. The van der Waals surface area contributed by atoms with E-state index in [0.29, 0.717) is 24.6 Å². The van der Waals surface area contributed by atoms with Gasteiger partial charge >= 0.3 is 0 Å². The van der Waals surface area contributed by atoms with Gasteiger partial charge in [0, 0.05) is 44.2 Å². The van der Waals surface area contributed by atoms with Crippen molar-refractivity contribution in [3.8, 4) is 0 Å². The van der Waals surface area contributed by atoms with Crippen molar-refractivity contribution >= 4 is 17.7 Å². The van der Waals surface area contributed by atoms with Gasteiger partial charge in [0.25, 0.3) is 5.91 Å². The molecule has 3 fully saturated rings. The number of morpholine rings is 1. The van der Waals surface area contributed by atoms with E-state index in [9.17, 15) is 14.4 Å². The van der Waals surface area contributed by atoms with Gasteiger partial charge in [-0.15, -0.1) is 0 Å². The molecule has 1 aliphatic carbocycles. The van der Waals surface area contributed by atoms with Crippen molar-refractivity contribution in [2.24, 2.45) is 5.73 Å². The van der Waals surface area contributed by atoms with E-state index in [0.717, 1.165) is 57.5 Å². The van der Waals surface area contributed by atoms with Gasteiger partial charge in [0.05, 0.1) is 12.2 Å². The number of piperidine rings is 1. The summed E-state index contributed by atoms with van der Waals surface area (Å²) in [4.78, 5) is 40.6. The molecule has 1 atom stereocenters. The van der Waals surface area contributed by atoms with Crippen LogP contribution in [0.5, 0.6) is 0 Å². The van der Waals surface area contributed by atoms with E-state index in [4.69, 9.17) is 10.5 Å². The first-order chi connectivity index (χ1) is 14.9. The van der Waals surface area contributed by atoms with E-state index >= 15 is 0 Å². The zero-order valence-corrected chi connectivity index (χ0v) is 17.8. The average Bonchev–Trinajstić information content (AvgIpc) is 3.06. The first kappa shape index (κ1) is 20.6. The van der Waals surface area contributed by atoms with Gasteiger partial charge in [-0.2, -0.15) is 0 Å². The highest BCUT2D eigenvalue weighted by molar-refractivity contribution is 6.05. The minimum Gasteiger partial charge on any atom is -0.372 e. The summed E-state index contributed by atoms with van der Waals surface area (Å²) in [5, 5.41) is 2.35. The fourth-order valence-corrected chi connectivity index (χ4v) is 5.51. The lowest BCUT2D eigenvalue weighted by molar-refractivity contribution is -0.136. The number of fused-ring (bicyclic) bond motifs is 1. The maximum Gasteiger partial charge on any atom is 0.255 e. The van der Waals surface area contributed by atoms with Gasteiger partial charge in [0.2, 0.25) is 11.8 Å². The summed E-state index contributed by atoms with van der Waals surface area (Å²) in [6.45, 7) is 3.78. The summed E-state index contributed by atoms with van der Waals surface area (Å²) >= 11 is 0. The van der Waals surface area contributed by atoms with Crippen LogP contribution in [0, 0.1) is 0 Å². The summed E-state index contributed by atoms with van der Waals surface area (Å²) in [5.41, 5.74) is 8.80. The zero-order valence-electron chi connectivity index (χ0n) is 17.8. The Labute approximate surface area is 182 Å². The van der Waals surface area contributed by atoms with Gasteiger partial charge in [0.1, 0.15) is 6.04 Å². The zero-order chi connectivity index (χ0) is 21.6. The molecule has 0 bridgehead atoms. The summed E-state index contributed by atoms with van der Waals surface area (Å²) in [6.07, 6.45) is 4.73. The number of carbonyl (C=O) groups is 3. The second-order valence-corrected chi connectivity index (χ2v) is 9.47. The topological polar surface area (TPSA) is 105 Å². The van der Waals surface area contributed by atoms with Gasteiger partial charge in [-0.05, 0) is 49.3 Å². The van der Waals surface area contributed by atoms with E-state index in [1.807, 2.05) is 12.1 Å². The molecule has 1 aromatic rings. The van der Waals surface area contributed by atoms with Crippen LogP contribution in [-0.4, -0.2) is 64.9 Å². The predicted octanol–water partition coefficient (Wildman–Crippen LogP) is 0.920. The number of ether oxygens (including phenoxy) is 1. The normalized spacial score (nSPS) is 31.8. The molecule has 3 amide bonds. The van der Waals surface area contributed by atoms with Crippen molar-refractivity contribution < 1.29 is 19.1 Å². The molecule has 1 unspecified atom stereocenters. The Morgan fingerprint density at radius 3 is 2.74 bits per heavy atom. The largest absolute Gasteiger partial charge is 0.372 e. The molecule has 166 valence electrons. The maximum atomic E-state index is 12.9. The fourth-order valence-electron chi connectivity index (χ4n) is 5.51. The highest BCUT2D eigenvalue weighted by Crippen LogP contribution is 2.35. The van der Waals surface area contributed by atoms with Crippen LogP contribution in [0.2, 0.25) is 0 Å². The molecule has 31 heavy (non-hydrogen) atoms. The second kappa shape index (κ2) is 8.00. The van der Waals surface area contributed by atoms with Crippen molar-refractivity contribution in [1.29, 1.82) is 0 Å². The summed E-state index contributed by atoms with van der Waals surface area (Å²) < 4.78 is 6.20. The molecule has 0 radical (unpaired) electrons. The van der Waals surface area contributed by atoms with Crippen LogP contribution in [0.4, 0.5) is 0 Å². The number of nitrogens with two attached hydrogens (primary N) is 1. The van der Waals surface area contributed by atoms with E-state index < -0.39 is 6.04 Å². The maximum absolute atomic E-state index is 12.9. The van der Waals surface area contributed by atoms with Gasteiger partial charge < -0.3 is 15.4 Å². The van der Waals surface area contributed by atoms with Crippen LogP contribution in [0.1, 0.15) is 60.0 Å². The Morgan fingerprint density at radius 1 is 1.16 bits per heavy atom. The van der Waals surface area contributed by atoms with E-state index in [-0.39, 0.29) is 29.7 Å². The van der Waals surface area contributed by atoms with E-state index in [2.05, 4.69) is 16.3 Å². The Bertz CT molecular complexity index is 909. The van der Waals surface area contributed by atoms with Crippen molar-refractivity contribution in [3.05, 3.63) is 34.9 Å². The van der Waals surface area contributed by atoms with Crippen LogP contribution in [0.15, 0.2) is 18.2 Å². The summed E-state index contributed by atoms with van der Waals surface area (Å²) in [5.74, 6) is -0.765. The smallest absolute Gasteiger partial charge is 0.255 e. The highest BCUT2D eigenvalue weighted by Gasteiger charge is 2.41. The molecule has 4 aliphatic rings. The summed E-state index contributed by atoms with van der Waals surface area (Å²) in [7, 11) is 0. The van der Waals surface area contributed by atoms with Gasteiger partial charge in [-0.1, -0.05) is 12.1 Å². The molecule has 3 aliphatic heterocycles. The number of hydrogen-bond acceptors (Lipinski definition) is 6. The minimum absolute atomic E-state index is 0.0661. The lowest BCUT2D eigenvalue weighted by Gasteiger charge is -2.46. The van der Waals surface area contributed by atoms with Gasteiger partial charge in [-0.25, -0.2) is 0 Å². The van der Waals surface area contributed by atoms with Crippen molar-refractivity contribution in [2.75, 3.05) is 19.7 Å². The van der Waals surface area contributed by atoms with Gasteiger partial charge in [0.15, 0.2) is 0 Å².